The number of hydrogen-bond acceptors (Lipinski definition) is 5. The fraction of sp³-hybridized carbons (Fsp3) is 0.500. The SMILES string of the molecule is CN(C)c1ccc(N)c(OCC(=O)N2CCOCC2)c1. The van der Waals surface area contributed by atoms with Crippen molar-refractivity contribution in [2.45, 2.75) is 0 Å². The van der Waals surface area contributed by atoms with Gasteiger partial charge >= 0.3 is 0 Å². The lowest BCUT2D eigenvalue weighted by Gasteiger charge is -2.26. The van der Waals surface area contributed by atoms with Crippen molar-refractivity contribution in [1.29, 1.82) is 0 Å². The van der Waals surface area contributed by atoms with Gasteiger partial charge in [-0.3, -0.25) is 4.79 Å². The van der Waals surface area contributed by atoms with Crippen LogP contribution in [0.15, 0.2) is 18.2 Å². The summed E-state index contributed by atoms with van der Waals surface area (Å²) in [7, 11) is 3.88. The molecule has 1 fully saturated rings. The molecule has 0 bridgehead atoms. The van der Waals surface area contributed by atoms with Gasteiger partial charge in [0.25, 0.3) is 5.91 Å². The molecule has 1 heterocycles. The Morgan fingerprint density at radius 2 is 2.10 bits per heavy atom. The number of carbonyl (C=O) groups is 1. The molecule has 6 heteroatoms. The number of amides is 1. The molecular weight excluding hydrogens is 258 g/mol. The topological polar surface area (TPSA) is 68.0 Å². The molecule has 0 aromatic heterocycles. The van der Waals surface area contributed by atoms with Crippen molar-refractivity contribution in [3.8, 4) is 5.75 Å². The summed E-state index contributed by atoms with van der Waals surface area (Å²) in [5.74, 6) is 0.501. The van der Waals surface area contributed by atoms with Gasteiger partial charge in [0.1, 0.15) is 5.75 Å². The van der Waals surface area contributed by atoms with E-state index in [1.165, 1.54) is 0 Å². The van der Waals surface area contributed by atoms with E-state index in [4.69, 9.17) is 15.2 Å². The molecule has 0 spiro atoms. The molecule has 2 N–H and O–H groups in total. The van der Waals surface area contributed by atoms with Crippen molar-refractivity contribution in [3.63, 3.8) is 0 Å². The Bertz CT molecular complexity index is 471. The van der Waals surface area contributed by atoms with Gasteiger partial charge in [0, 0.05) is 38.9 Å². The van der Waals surface area contributed by atoms with Crippen LogP contribution in [0.4, 0.5) is 11.4 Å². The second-order valence-corrected chi connectivity index (χ2v) is 4.90. The van der Waals surface area contributed by atoms with E-state index in [9.17, 15) is 4.79 Å². The lowest BCUT2D eigenvalue weighted by atomic mass is 10.2. The standard InChI is InChI=1S/C14H21N3O3/c1-16(2)11-3-4-12(15)13(9-11)20-10-14(18)17-5-7-19-8-6-17/h3-4,9H,5-8,10,15H2,1-2H3. The highest BCUT2D eigenvalue weighted by atomic mass is 16.5. The zero-order chi connectivity index (χ0) is 14.5. The number of nitrogens with two attached hydrogens (primary N) is 1. The van der Waals surface area contributed by atoms with Crippen molar-refractivity contribution in [2.75, 3.05) is 57.6 Å². The van der Waals surface area contributed by atoms with Crippen LogP contribution in [-0.4, -0.2) is 57.8 Å². The van der Waals surface area contributed by atoms with Crippen molar-refractivity contribution >= 4 is 17.3 Å². The summed E-state index contributed by atoms with van der Waals surface area (Å²) in [5.41, 5.74) is 7.38. The molecule has 6 nitrogen and oxygen atoms in total. The fourth-order valence-electron chi connectivity index (χ4n) is 1.97. The predicted molar refractivity (Wildman–Crippen MR) is 78.1 cm³/mol. The molecule has 1 aliphatic rings. The predicted octanol–water partition coefficient (Wildman–Crippen LogP) is 0.572. The Kier molecular flexibility index (Phi) is 4.68. The number of nitrogen functional groups attached to an aromatic ring is 1. The van der Waals surface area contributed by atoms with Crippen LogP contribution in [-0.2, 0) is 9.53 Å². The van der Waals surface area contributed by atoms with Gasteiger partial charge in [-0.1, -0.05) is 0 Å². The van der Waals surface area contributed by atoms with Crippen LogP contribution in [0.3, 0.4) is 0 Å². The van der Waals surface area contributed by atoms with Crippen LogP contribution in [0, 0.1) is 0 Å². The number of anilines is 2. The van der Waals surface area contributed by atoms with Gasteiger partial charge in [-0.2, -0.15) is 0 Å². The maximum Gasteiger partial charge on any atom is 0.260 e. The van der Waals surface area contributed by atoms with Gasteiger partial charge in [-0.25, -0.2) is 0 Å². The number of hydrogen-bond donors (Lipinski definition) is 1. The summed E-state index contributed by atoms with van der Waals surface area (Å²) in [4.78, 5) is 15.7. The van der Waals surface area contributed by atoms with Gasteiger partial charge in [0.05, 0.1) is 18.9 Å². The molecule has 0 atom stereocenters. The highest BCUT2D eigenvalue weighted by Crippen LogP contribution is 2.26. The monoisotopic (exact) mass is 279 g/mol. The molecule has 2 rings (SSSR count). The van der Waals surface area contributed by atoms with Crippen LogP contribution in [0.5, 0.6) is 5.75 Å². The summed E-state index contributed by atoms with van der Waals surface area (Å²) in [6.07, 6.45) is 0. The second-order valence-electron chi connectivity index (χ2n) is 4.90. The summed E-state index contributed by atoms with van der Waals surface area (Å²) in [6.45, 7) is 2.42. The number of morpholine rings is 1. The third-order valence-electron chi connectivity index (χ3n) is 3.23. The molecule has 1 aliphatic heterocycles. The molecule has 1 saturated heterocycles. The van der Waals surface area contributed by atoms with E-state index in [1.807, 2.05) is 31.1 Å². The van der Waals surface area contributed by atoms with Crippen LogP contribution >= 0.6 is 0 Å². The van der Waals surface area contributed by atoms with Crippen molar-refractivity contribution < 1.29 is 14.3 Å². The second kappa shape index (κ2) is 6.47. The molecule has 1 aromatic rings. The zero-order valence-corrected chi connectivity index (χ0v) is 12.0. The minimum absolute atomic E-state index is 0.00107. The molecule has 0 unspecified atom stereocenters. The van der Waals surface area contributed by atoms with E-state index in [1.54, 1.807) is 11.0 Å². The highest BCUT2D eigenvalue weighted by molar-refractivity contribution is 5.78. The van der Waals surface area contributed by atoms with Gasteiger partial charge in [-0.05, 0) is 12.1 Å². The number of ether oxygens (including phenoxy) is 2. The highest BCUT2D eigenvalue weighted by Gasteiger charge is 2.17. The maximum absolute atomic E-state index is 12.0. The van der Waals surface area contributed by atoms with Crippen LogP contribution in [0.1, 0.15) is 0 Å². The first-order chi connectivity index (χ1) is 9.58. The Labute approximate surface area is 119 Å². The Morgan fingerprint density at radius 1 is 1.40 bits per heavy atom. The fourth-order valence-corrected chi connectivity index (χ4v) is 1.97. The Hall–Kier alpha value is -1.95. The average molecular weight is 279 g/mol. The first kappa shape index (κ1) is 14.5. The minimum atomic E-state index is -0.0389. The van der Waals surface area contributed by atoms with Crippen LogP contribution < -0.4 is 15.4 Å². The Morgan fingerprint density at radius 3 is 2.75 bits per heavy atom. The molecule has 0 aliphatic carbocycles. The van der Waals surface area contributed by atoms with Crippen LogP contribution in [0.2, 0.25) is 0 Å². The first-order valence-electron chi connectivity index (χ1n) is 6.63. The van der Waals surface area contributed by atoms with E-state index in [-0.39, 0.29) is 12.5 Å². The number of rotatable bonds is 4. The third kappa shape index (κ3) is 3.54. The molecular formula is C14H21N3O3. The van der Waals surface area contributed by atoms with Crippen LogP contribution in [0.25, 0.3) is 0 Å². The molecule has 1 aromatic carbocycles. The summed E-state index contributed by atoms with van der Waals surface area (Å²) < 4.78 is 10.8. The lowest BCUT2D eigenvalue weighted by Crippen LogP contribution is -2.43. The van der Waals surface area contributed by atoms with Crippen molar-refractivity contribution in [2.24, 2.45) is 0 Å². The molecule has 0 radical (unpaired) electrons. The first-order valence-corrected chi connectivity index (χ1v) is 6.63. The van der Waals surface area contributed by atoms with E-state index >= 15 is 0 Å². The minimum Gasteiger partial charge on any atom is -0.482 e. The molecule has 110 valence electrons. The van der Waals surface area contributed by atoms with Crippen molar-refractivity contribution in [3.05, 3.63) is 18.2 Å². The van der Waals surface area contributed by atoms with E-state index in [2.05, 4.69) is 0 Å². The zero-order valence-electron chi connectivity index (χ0n) is 12.0. The molecule has 20 heavy (non-hydrogen) atoms. The van der Waals surface area contributed by atoms with E-state index < -0.39 is 0 Å². The average Bonchev–Trinajstić information content (AvgIpc) is 2.46. The normalized spacial score (nSPS) is 15.0. The molecule has 0 saturated carbocycles. The smallest absolute Gasteiger partial charge is 0.260 e. The largest absolute Gasteiger partial charge is 0.482 e. The number of benzene rings is 1. The number of nitrogens with zero attached hydrogens (tertiary/aromatic N) is 2. The third-order valence-corrected chi connectivity index (χ3v) is 3.23. The van der Waals surface area contributed by atoms with Gasteiger partial charge < -0.3 is 25.0 Å². The van der Waals surface area contributed by atoms with Crippen molar-refractivity contribution in [1.82, 2.24) is 4.90 Å². The summed E-state index contributed by atoms with van der Waals surface area (Å²) in [5, 5.41) is 0. The lowest BCUT2D eigenvalue weighted by molar-refractivity contribution is -0.137. The molecule has 1 amide bonds. The summed E-state index contributed by atoms with van der Waals surface area (Å²) in [6, 6.07) is 5.53. The van der Waals surface area contributed by atoms with Gasteiger partial charge in [0.2, 0.25) is 0 Å². The Balaban J connectivity index is 1.95. The van der Waals surface area contributed by atoms with Gasteiger partial charge in [0.15, 0.2) is 6.61 Å². The van der Waals surface area contributed by atoms with E-state index in [0.29, 0.717) is 37.7 Å². The number of carbonyl (C=O) groups excluding carboxylic acids is 1. The summed E-state index contributed by atoms with van der Waals surface area (Å²) >= 11 is 0. The maximum atomic E-state index is 12.0. The van der Waals surface area contributed by atoms with Gasteiger partial charge in [-0.15, -0.1) is 0 Å². The van der Waals surface area contributed by atoms with E-state index in [0.717, 1.165) is 5.69 Å². The quantitative estimate of drug-likeness (QED) is 0.816.